The molecule has 0 bridgehead atoms. The van der Waals surface area contributed by atoms with Crippen LogP contribution in [-0.2, 0) is 0 Å². The van der Waals surface area contributed by atoms with E-state index in [0.29, 0.717) is 5.75 Å². The van der Waals surface area contributed by atoms with Gasteiger partial charge in [0.2, 0.25) is 5.13 Å². The number of hydrogen-bond donors (Lipinski definition) is 1. The highest BCUT2D eigenvalue weighted by atomic mass is 32.2. The molecule has 0 aliphatic carbocycles. The number of carbonyl (C=O) groups is 1. The van der Waals surface area contributed by atoms with Crippen LogP contribution in [0.2, 0.25) is 0 Å². The molecule has 6 heteroatoms. The molecule has 1 aromatic carbocycles. The van der Waals surface area contributed by atoms with Gasteiger partial charge in [-0.05, 0) is 6.92 Å². The third-order valence-electron chi connectivity index (χ3n) is 2.16. The average Bonchev–Trinajstić information content (AvgIpc) is 2.85. The van der Waals surface area contributed by atoms with Crippen LogP contribution in [0.1, 0.15) is 17.3 Å². The fourth-order valence-electron chi connectivity index (χ4n) is 1.33. The highest BCUT2D eigenvalue weighted by Crippen LogP contribution is 2.25. The van der Waals surface area contributed by atoms with Gasteiger partial charge >= 0.3 is 0 Å². The van der Waals surface area contributed by atoms with Gasteiger partial charge in [0.25, 0.3) is 0 Å². The molecular weight excluding hydrogens is 266 g/mol. The van der Waals surface area contributed by atoms with Crippen molar-refractivity contribution in [1.29, 1.82) is 0 Å². The molecule has 0 saturated heterocycles. The van der Waals surface area contributed by atoms with Gasteiger partial charge in [0.05, 0.1) is 5.75 Å². The normalized spacial score (nSPS) is 10.3. The van der Waals surface area contributed by atoms with Crippen molar-refractivity contribution in [3.05, 3.63) is 35.9 Å². The summed E-state index contributed by atoms with van der Waals surface area (Å²) in [6, 6.07) is 9.29. The summed E-state index contributed by atoms with van der Waals surface area (Å²) in [5, 5.41) is 11.9. The standard InChI is InChI=1S/C12H13N3OS2/c1-2-13-11-14-15-12(18-11)17-8-10(16)9-6-4-3-5-7-9/h3-7H,2,8H2,1H3,(H,13,14). The summed E-state index contributed by atoms with van der Waals surface area (Å²) in [6.45, 7) is 2.83. The van der Waals surface area contributed by atoms with E-state index in [1.165, 1.54) is 23.1 Å². The molecule has 0 aliphatic rings. The predicted molar refractivity (Wildman–Crippen MR) is 75.6 cm³/mol. The molecule has 0 amide bonds. The second-order valence-electron chi connectivity index (χ2n) is 3.48. The van der Waals surface area contributed by atoms with Gasteiger partial charge in [0.1, 0.15) is 0 Å². The molecule has 2 rings (SSSR count). The lowest BCUT2D eigenvalue weighted by atomic mass is 10.2. The molecule has 2 aromatic rings. The second kappa shape index (κ2) is 6.51. The largest absolute Gasteiger partial charge is 0.360 e. The number of ketones is 1. The van der Waals surface area contributed by atoms with Gasteiger partial charge in [-0.1, -0.05) is 53.4 Å². The van der Waals surface area contributed by atoms with E-state index in [2.05, 4.69) is 15.5 Å². The number of anilines is 1. The number of hydrogen-bond acceptors (Lipinski definition) is 6. The number of Topliss-reactive ketones (excluding diaryl/α,β-unsaturated/α-hetero) is 1. The van der Waals surface area contributed by atoms with Crippen LogP contribution in [0.5, 0.6) is 0 Å². The summed E-state index contributed by atoms with van der Waals surface area (Å²) >= 11 is 2.90. The summed E-state index contributed by atoms with van der Waals surface area (Å²) < 4.78 is 0.815. The van der Waals surface area contributed by atoms with Crippen LogP contribution in [-0.4, -0.2) is 28.3 Å². The zero-order valence-electron chi connectivity index (χ0n) is 9.92. The van der Waals surface area contributed by atoms with Crippen LogP contribution in [0.15, 0.2) is 34.7 Å². The van der Waals surface area contributed by atoms with Crippen molar-refractivity contribution >= 4 is 34.0 Å². The first-order valence-corrected chi connectivity index (χ1v) is 7.38. The van der Waals surface area contributed by atoms with Crippen molar-refractivity contribution in [2.75, 3.05) is 17.6 Å². The molecule has 94 valence electrons. The summed E-state index contributed by atoms with van der Waals surface area (Å²) in [5.74, 6) is 0.505. The quantitative estimate of drug-likeness (QED) is 0.651. The Morgan fingerprint density at radius 1 is 1.33 bits per heavy atom. The number of aromatic nitrogens is 2. The Morgan fingerprint density at radius 2 is 2.11 bits per heavy atom. The summed E-state index contributed by atoms with van der Waals surface area (Å²) in [6.07, 6.45) is 0. The van der Waals surface area contributed by atoms with Crippen LogP contribution < -0.4 is 5.32 Å². The van der Waals surface area contributed by atoms with Crippen molar-refractivity contribution in [3.8, 4) is 0 Å². The Hall–Kier alpha value is -1.40. The minimum Gasteiger partial charge on any atom is -0.360 e. The smallest absolute Gasteiger partial charge is 0.206 e. The van der Waals surface area contributed by atoms with Crippen molar-refractivity contribution < 1.29 is 4.79 Å². The molecule has 0 spiro atoms. The Balaban J connectivity index is 1.89. The van der Waals surface area contributed by atoms with Crippen LogP contribution in [0.3, 0.4) is 0 Å². The number of thioether (sulfide) groups is 1. The van der Waals surface area contributed by atoms with Crippen LogP contribution in [0.4, 0.5) is 5.13 Å². The molecule has 1 heterocycles. The average molecular weight is 279 g/mol. The molecule has 0 saturated carbocycles. The van der Waals surface area contributed by atoms with E-state index in [9.17, 15) is 4.79 Å². The molecule has 0 unspecified atom stereocenters. The van der Waals surface area contributed by atoms with Gasteiger partial charge in [-0.15, -0.1) is 10.2 Å². The molecule has 0 atom stereocenters. The van der Waals surface area contributed by atoms with Crippen LogP contribution in [0, 0.1) is 0 Å². The van der Waals surface area contributed by atoms with Crippen LogP contribution >= 0.6 is 23.1 Å². The van der Waals surface area contributed by atoms with E-state index in [1.807, 2.05) is 37.3 Å². The monoisotopic (exact) mass is 279 g/mol. The minimum absolute atomic E-state index is 0.112. The van der Waals surface area contributed by atoms with Crippen molar-refractivity contribution in [1.82, 2.24) is 10.2 Å². The Labute approximate surface area is 114 Å². The van der Waals surface area contributed by atoms with E-state index < -0.39 is 0 Å². The number of benzene rings is 1. The van der Waals surface area contributed by atoms with Gasteiger partial charge in [0.15, 0.2) is 10.1 Å². The first-order chi connectivity index (χ1) is 8.79. The first kappa shape index (κ1) is 13.0. The maximum Gasteiger partial charge on any atom is 0.206 e. The van der Waals surface area contributed by atoms with Gasteiger partial charge in [0, 0.05) is 12.1 Å². The SMILES string of the molecule is CCNc1nnc(SCC(=O)c2ccccc2)s1. The molecule has 0 fully saturated rings. The predicted octanol–water partition coefficient (Wildman–Crippen LogP) is 2.94. The Kier molecular flexibility index (Phi) is 4.72. The number of nitrogens with zero attached hydrogens (tertiary/aromatic N) is 2. The van der Waals surface area contributed by atoms with Crippen LogP contribution in [0.25, 0.3) is 0 Å². The maximum atomic E-state index is 11.9. The van der Waals surface area contributed by atoms with E-state index in [1.54, 1.807) is 0 Å². The first-order valence-electron chi connectivity index (χ1n) is 5.58. The Morgan fingerprint density at radius 3 is 2.83 bits per heavy atom. The fraction of sp³-hybridized carbons (Fsp3) is 0.250. The lowest BCUT2D eigenvalue weighted by Gasteiger charge is -1.97. The lowest BCUT2D eigenvalue weighted by Crippen LogP contribution is -2.01. The number of carbonyl (C=O) groups excluding carboxylic acids is 1. The molecule has 18 heavy (non-hydrogen) atoms. The molecule has 1 aromatic heterocycles. The van der Waals surface area contributed by atoms with E-state index in [0.717, 1.165) is 21.6 Å². The second-order valence-corrected chi connectivity index (χ2v) is 5.68. The summed E-state index contributed by atoms with van der Waals surface area (Å²) in [4.78, 5) is 11.9. The Bertz CT molecular complexity index is 513. The topological polar surface area (TPSA) is 54.9 Å². The van der Waals surface area contributed by atoms with Gasteiger partial charge in [-0.3, -0.25) is 4.79 Å². The third kappa shape index (κ3) is 3.54. The van der Waals surface area contributed by atoms with E-state index in [-0.39, 0.29) is 5.78 Å². The van der Waals surface area contributed by atoms with Crippen molar-refractivity contribution in [2.24, 2.45) is 0 Å². The van der Waals surface area contributed by atoms with Crippen molar-refractivity contribution in [2.45, 2.75) is 11.3 Å². The molecule has 1 N–H and O–H groups in total. The number of nitrogens with one attached hydrogen (secondary N) is 1. The third-order valence-corrected chi connectivity index (χ3v) is 4.17. The summed E-state index contributed by atoms with van der Waals surface area (Å²) in [5.41, 5.74) is 0.737. The lowest BCUT2D eigenvalue weighted by molar-refractivity contribution is 0.102. The van der Waals surface area contributed by atoms with Gasteiger partial charge in [-0.2, -0.15) is 0 Å². The zero-order valence-corrected chi connectivity index (χ0v) is 11.6. The highest BCUT2D eigenvalue weighted by molar-refractivity contribution is 8.01. The molecule has 4 nitrogen and oxygen atoms in total. The highest BCUT2D eigenvalue weighted by Gasteiger charge is 2.09. The summed E-state index contributed by atoms with van der Waals surface area (Å²) in [7, 11) is 0. The molecule has 0 aliphatic heterocycles. The van der Waals surface area contributed by atoms with E-state index >= 15 is 0 Å². The zero-order chi connectivity index (χ0) is 12.8. The molecular formula is C12H13N3OS2. The van der Waals surface area contributed by atoms with E-state index in [4.69, 9.17) is 0 Å². The van der Waals surface area contributed by atoms with Gasteiger partial charge < -0.3 is 5.32 Å². The van der Waals surface area contributed by atoms with Crippen molar-refractivity contribution in [3.63, 3.8) is 0 Å². The molecule has 0 radical (unpaired) electrons. The fourth-order valence-corrected chi connectivity index (χ4v) is 3.04. The number of rotatable bonds is 6. The maximum absolute atomic E-state index is 11.9. The minimum atomic E-state index is 0.112. The van der Waals surface area contributed by atoms with Gasteiger partial charge in [-0.25, -0.2) is 0 Å².